The van der Waals surface area contributed by atoms with Crippen LogP contribution >= 0.6 is 0 Å². The molecule has 0 aliphatic heterocycles. The van der Waals surface area contributed by atoms with Crippen molar-refractivity contribution in [1.82, 2.24) is 0 Å². The molecule has 0 spiro atoms. The van der Waals surface area contributed by atoms with E-state index in [9.17, 15) is 19.5 Å². The van der Waals surface area contributed by atoms with Gasteiger partial charge < -0.3 is 28.5 Å². The number of quaternary nitrogens is 1. The van der Waals surface area contributed by atoms with Gasteiger partial charge in [-0.3, -0.25) is 9.59 Å². The topological polar surface area (TPSA) is 108 Å². The summed E-state index contributed by atoms with van der Waals surface area (Å²) in [6.45, 7) is 4.72. The number of hydrogen-bond donors (Lipinski definition) is 1. The summed E-state index contributed by atoms with van der Waals surface area (Å²) in [7, 11) is 5.96. The van der Waals surface area contributed by atoms with Gasteiger partial charge in [-0.05, 0) is 116 Å². The van der Waals surface area contributed by atoms with E-state index < -0.39 is 24.3 Å². The van der Waals surface area contributed by atoms with Crippen molar-refractivity contribution < 1.29 is 42.9 Å². The number of carboxylic acid groups (broad SMARTS) is 1. The number of esters is 2. The molecule has 0 aromatic heterocycles. The van der Waals surface area contributed by atoms with Gasteiger partial charge in [0.25, 0.3) is 6.29 Å². The lowest BCUT2D eigenvalue weighted by Crippen LogP contribution is -2.40. The third-order valence-electron chi connectivity index (χ3n) is 14.4. The Labute approximate surface area is 522 Å². The Balaban J connectivity index is 4.24. The molecule has 0 radical (unpaired) electrons. The number of rotatable bonds is 62. The van der Waals surface area contributed by atoms with Gasteiger partial charge in [-0.25, -0.2) is 4.79 Å². The van der Waals surface area contributed by atoms with Crippen LogP contribution in [0.25, 0.3) is 0 Å². The number of aliphatic carboxylic acids is 1. The van der Waals surface area contributed by atoms with Gasteiger partial charge in [0.1, 0.15) is 13.2 Å². The number of carbonyl (C=O) groups excluding carboxylic acids is 2. The van der Waals surface area contributed by atoms with Crippen LogP contribution in [-0.2, 0) is 33.3 Å². The van der Waals surface area contributed by atoms with E-state index in [1.54, 1.807) is 0 Å². The predicted octanol–water partition coefficient (Wildman–Crippen LogP) is 21.4. The van der Waals surface area contributed by atoms with Crippen LogP contribution in [-0.4, -0.2) is 87.4 Å². The highest BCUT2D eigenvalue weighted by Gasteiger charge is 2.25. The summed E-state index contributed by atoms with van der Waals surface area (Å²) in [5.41, 5.74) is 0. The summed E-state index contributed by atoms with van der Waals surface area (Å²) < 4.78 is 22.9. The molecule has 0 aromatic carbocycles. The number of unbranched alkanes of at least 4 members (excludes halogenated alkanes) is 25. The van der Waals surface area contributed by atoms with E-state index in [1.807, 2.05) is 21.1 Å². The third-order valence-corrected chi connectivity index (χ3v) is 14.4. The average Bonchev–Trinajstić information content (AvgIpc) is 3.49. The maximum absolute atomic E-state index is 12.9. The molecule has 0 fully saturated rings. The van der Waals surface area contributed by atoms with E-state index in [0.29, 0.717) is 17.4 Å². The average molecular weight is 1180 g/mol. The Morgan fingerprint density at radius 1 is 0.365 bits per heavy atom. The van der Waals surface area contributed by atoms with Crippen LogP contribution in [0.2, 0.25) is 0 Å². The SMILES string of the molecule is CC/C=C\C/C=C\C/C=C\C/C=C\C/C=C\C/C=C\C/C=C\C/C=C\C/C=C\CCCCCC(=O)OC(COC(=O)CCCCCCCCCCCCCCCCCCC/C=C\C/C=C\CCCCCCC)COC(OCC[N+](C)(C)C)C(=O)O. The molecule has 0 aromatic rings. The number of ether oxygens (including phenoxy) is 4. The number of likely N-dealkylation sites (N-methyl/N-ethyl adjacent to an activating group) is 1. The first-order chi connectivity index (χ1) is 41.6. The van der Waals surface area contributed by atoms with Gasteiger partial charge in [-0.2, -0.15) is 0 Å². The highest BCUT2D eigenvalue weighted by Crippen LogP contribution is 2.16. The van der Waals surface area contributed by atoms with E-state index >= 15 is 0 Å². The molecule has 0 bridgehead atoms. The maximum Gasteiger partial charge on any atom is 0.361 e. The second-order valence-electron chi connectivity index (χ2n) is 23.7. The van der Waals surface area contributed by atoms with E-state index in [1.165, 1.54) is 135 Å². The van der Waals surface area contributed by atoms with Crippen molar-refractivity contribution in [1.29, 1.82) is 0 Å². The minimum Gasteiger partial charge on any atom is -0.477 e. The molecule has 0 aliphatic rings. The van der Waals surface area contributed by atoms with Gasteiger partial charge in [0.2, 0.25) is 0 Å². The molecule has 0 aliphatic carbocycles. The molecule has 9 heteroatoms. The lowest BCUT2D eigenvalue weighted by molar-refractivity contribution is -0.870. The quantitative estimate of drug-likeness (QED) is 0.0211. The highest BCUT2D eigenvalue weighted by atomic mass is 16.7. The molecular formula is C76H128NO8+. The Bertz CT molecular complexity index is 1860. The number of allylic oxidation sites excluding steroid dienone is 22. The van der Waals surface area contributed by atoms with Gasteiger partial charge in [0.15, 0.2) is 6.10 Å². The van der Waals surface area contributed by atoms with Gasteiger partial charge in [0.05, 0.1) is 34.4 Å². The minimum absolute atomic E-state index is 0.174. The van der Waals surface area contributed by atoms with Crippen molar-refractivity contribution in [3.8, 4) is 0 Å². The zero-order valence-corrected chi connectivity index (χ0v) is 55.2. The van der Waals surface area contributed by atoms with Crippen LogP contribution in [0.3, 0.4) is 0 Å². The molecule has 0 saturated carbocycles. The number of carbonyl (C=O) groups is 3. The Morgan fingerprint density at radius 3 is 1.01 bits per heavy atom. The van der Waals surface area contributed by atoms with Crippen molar-refractivity contribution in [2.75, 3.05) is 47.5 Å². The second kappa shape index (κ2) is 65.4. The molecule has 85 heavy (non-hydrogen) atoms. The van der Waals surface area contributed by atoms with Gasteiger partial charge >= 0.3 is 17.9 Å². The standard InChI is InChI=1S/C76H127NO8/c1-6-8-10-12-14-16-18-20-22-24-26-28-30-32-34-36-37-39-41-43-45-47-49-51-53-55-57-59-61-63-65-67-74(79)85-72(71-84-76(75(80)81)82-69-68-77(3,4)5)70-83-73(78)66-64-62-60-58-56-54-52-50-48-46-44-42-40-38-35-33-31-29-27-25-23-21-19-17-15-13-11-9-7-2/h8,10,14,16,19-22,25-28,32,34,37,39,43,45,49,51,55,57,72,76H,6-7,9,11-13,15,17-18,23-24,29-31,33,35-36,38,40-42,44,46-48,50,52-54,56,58-71H2,1-5H3/p+1/b10-8-,16-14-,21-19-,22-20-,27-25-,28-26-,34-32-,39-37-,45-43-,51-49-,57-55-. The Kier molecular flexibility index (Phi) is 61.9. The molecule has 0 rings (SSSR count). The number of nitrogens with zero attached hydrogens (tertiary/aromatic N) is 1. The molecular weight excluding hydrogens is 1050 g/mol. The molecule has 2 atom stereocenters. The van der Waals surface area contributed by atoms with Crippen LogP contribution in [0.15, 0.2) is 134 Å². The maximum atomic E-state index is 12.9. The normalized spacial score (nSPS) is 13.6. The van der Waals surface area contributed by atoms with Crippen LogP contribution in [0.4, 0.5) is 0 Å². The van der Waals surface area contributed by atoms with Crippen LogP contribution in [0.1, 0.15) is 271 Å². The van der Waals surface area contributed by atoms with Gasteiger partial charge in [0, 0.05) is 12.8 Å². The second-order valence-corrected chi connectivity index (χ2v) is 23.7. The fourth-order valence-electron chi connectivity index (χ4n) is 9.15. The summed E-state index contributed by atoms with van der Waals surface area (Å²) in [4.78, 5) is 37.6. The predicted molar refractivity (Wildman–Crippen MR) is 364 cm³/mol. The molecule has 9 nitrogen and oxygen atoms in total. The first-order valence-corrected chi connectivity index (χ1v) is 34.3. The summed E-state index contributed by atoms with van der Waals surface area (Å²) >= 11 is 0. The lowest BCUT2D eigenvalue weighted by Gasteiger charge is -2.25. The van der Waals surface area contributed by atoms with Crippen molar-refractivity contribution in [2.24, 2.45) is 0 Å². The molecule has 484 valence electrons. The fraction of sp³-hybridized carbons (Fsp3) is 0.671. The summed E-state index contributed by atoms with van der Waals surface area (Å²) in [6.07, 6.45) is 91.3. The third kappa shape index (κ3) is 66.8. The first kappa shape index (κ1) is 80.4. The van der Waals surface area contributed by atoms with E-state index in [4.69, 9.17) is 18.9 Å². The van der Waals surface area contributed by atoms with Crippen LogP contribution in [0.5, 0.6) is 0 Å². The molecule has 0 amide bonds. The van der Waals surface area contributed by atoms with Crippen LogP contribution in [0, 0.1) is 0 Å². The van der Waals surface area contributed by atoms with E-state index in [2.05, 4.69) is 148 Å². The molecule has 2 unspecified atom stereocenters. The molecule has 0 saturated heterocycles. The van der Waals surface area contributed by atoms with E-state index in [-0.39, 0.29) is 38.6 Å². The summed E-state index contributed by atoms with van der Waals surface area (Å²) in [5.74, 6) is -2.06. The fourth-order valence-corrected chi connectivity index (χ4v) is 9.15. The Morgan fingerprint density at radius 2 is 0.671 bits per heavy atom. The lowest BCUT2D eigenvalue weighted by atomic mass is 10.0. The zero-order valence-electron chi connectivity index (χ0n) is 55.2. The smallest absolute Gasteiger partial charge is 0.361 e. The summed E-state index contributed by atoms with van der Waals surface area (Å²) in [5, 5.41) is 9.74. The number of carboxylic acids is 1. The van der Waals surface area contributed by atoms with Crippen molar-refractivity contribution in [3.63, 3.8) is 0 Å². The van der Waals surface area contributed by atoms with Crippen molar-refractivity contribution >= 4 is 17.9 Å². The molecule has 0 heterocycles. The van der Waals surface area contributed by atoms with Crippen molar-refractivity contribution in [2.45, 2.75) is 283 Å². The highest BCUT2D eigenvalue weighted by molar-refractivity contribution is 5.71. The molecule has 1 N–H and O–H groups in total. The largest absolute Gasteiger partial charge is 0.477 e. The number of hydrogen-bond acceptors (Lipinski definition) is 7. The monoisotopic (exact) mass is 1180 g/mol. The zero-order chi connectivity index (χ0) is 61.9. The van der Waals surface area contributed by atoms with Gasteiger partial charge in [-0.1, -0.05) is 276 Å². The van der Waals surface area contributed by atoms with Crippen LogP contribution < -0.4 is 0 Å². The van der Waals surface area contributed by atoms with Crippen molar-refractivity contribution in [3.05, 3.63) is 134 Å². The first-order valence-electron chi connectivity index (χ1n) is 34.3. The van der Waals surface area contributed by atoms with E-state index in [0.717, 1.165) is 103 Å². The van der Waals surface area contributed by atoms with Gasteiger partial charge in [-0.15, -0.1) is 0 Å². The summed E-state index contributed by atoms with van der Waals surface area (Å²) in [6, 6.07) is 0. The minimum atomic E-state index is -1.53. The Hall–Kier alpha value is -4.57.